The van der Waals surface area contributed by atoms with Gasteiger partial charge >= 0.3 is 0 Å². The van der Waals surface area contributed by atoms with Gasteiger partial charge < -0.3 is 15.1 Å². The lowest BCUT2D eigenvalue weighted by molar-refractivity contribution is -0.130. The highest BCUT2D eigenvalue weighted by Gasteiger charge is 2.22. The van der Waals surface area contributed by atoms with E-state index in [1.807, 2.05) is 46.2 Å². The molecule has 0 radical (unpaired) electrons. The highest BCUT2D eigenvalue weighted by molar-refractivity contribution is 5.94. The van der Waals surface area contributed by atoms with Crippen molar-refractivity contribution in [1.29, 1.82) is 10.8 Å². The fourth-order valence-corrected chi connectivity index (χ4v) is 3.87. The van der Waals surface area contributed by atoms with Gasteiger partial charge in [0.2, 0.25) is 5.91 Å². The lowest BCUT2D eigenvalue weighted by Gasteiger charge is -2.35. The van der Waals surface area contributed by atoms with Gasteiger partial charge in [-0.2, -0.15) is 0 Å². The smallest absolute Gasteiger partial charge is 0.251 e. The molecule has 1 aromatic heterocycles. The molecule has 2 amide bonds. The van der Waals surface area contributed by atoms with E-state index in [0.717, 1.165) is 17.5 Å². The number of aromatic nitrogens is 2. The second-order valence-electron chi connectivity index (χ2n) is 8.06. The Morgan fingerprint density at radius 1 is 0.971 bits per heavy atom. The first-order valence-corrected chi connectivity index (χ1v) is 11.1. The van der Waals surface area contributed by atoms with Crippen molar-refractivity contribution < 1.29 is 11.0 Å². The number of rotatable bonds is 7. The Bertz CT molecular complexity index is 1240. The van der Waals surface area contributed by atoms with Gasteiger partial charge in [-0.3, -0.25) is 20.4 Å². The molecule has 34 heavy (non-hydrogen) atoms. The van der Waals surface area contributed by atoms with Crippen LogP contribution >= 0.6 is 0 Å². The Morgan fingerprint density at radius 3 is 2.44 bits per heavy atom. The predicted molar refractivity (Wildman–Crippen MR) is 131 cm³/mol. The van der Waals surface area contributed by atoms with Crippen molar-refractivity contribution in [2.75, 3.05) is 31.1 Å². The molecule has 3 aromatic rings. The van der Waals surface area contributed by atoms with E-state index in [2.05, 4.69) is 10.4 Å². The SMILES string of the molecule is N=Cn1nc(N2CCN(C(=O)Cc3cccc(C(=O)NCc4ccccc4)c3)CC2)ccc1=N.[HH]. The van der Waals surface area contributed by atoms with E-state index in [1.165, 1.54) is 4.68 Å². The van der Waals surface area contributed by atoms with Gasteiger partial charge in [-0.1, -0.05) is 42.5 Å². The molecular formula is C25H29N7O2. The quantitative estimate of drug-likeness (QED) is 0.369. The molecule has 1 fully saturated rings. The molecule has 1 aliphatic heterocycles. The number of nitrogens with zero attached hydrogens (tertiary/aromatic N) is 4. The molecule has 0 unspecified atom stereocenters. The summed E-state index contributed by atoms with van der Waals surface area (Å²) < 4.78 is 1.20. The first-order valence-electron chi connectivity index (χ1n) is 11.1. The van der Waals surface area contributed by atoms with Crippen LogP contribution in [0, 0.1) is 10.8 Å². The van der Waals surface area contributed by atoms with Crippen LogP contribution in [-0.4, -0.2) is 59.0 Å². The van der Waals surface area contributed by atoms with Gasteiger partial charge in [-0.15, -0.1) is 5.10 Å². The van der Waals surface area contributed by atoms with E-state index in [1.54, 1.807) is 30.3 Å². The molecule has 0 spiro atoms. The molecule has 3 N–H and O–H groups in total. The van der Waals surface area contributed by atoms with Crippen LogP contribution in [0.2, 0.25) is 0 Å². The van der Waals surface area contributed by atoms with Crippen LogP contribution in [-0.2, 0) is 17.8 Å². The summed E-state index contributed by atoms with van der Waals surface area (Å²) in [6.07, 6.45) is 1.24. The Kier molecular flexibility index (Phi) is 7.12. The monoisotopic (exact) mass is 459 g/mol. The number of benzene rings is 2. The molecule has 9 nitrogen and oxygen atoms in total. The third kappa shape index (κ3) is 5.55. The highest BCUT2D eigenvalue weighted by atomic mass is 16.2. The van der Waals surface area contributed by atoms with Crippen molar-refractivity contribution in [1.82, 2.24) is 20.0 Å². The van der Waals surface area contributed by atoms with Crippen molar-refractivity contribution in [3.05, 3.63) is 88.9 Å². The van der Waals surface area contributed by atoms with E-state index in [9.17, 15) is 9.59 Å². The van der Waals surface area contributed by atoms with Crippen molar-refractivity contribution in [3.8, 4) is 0 Å². The minimum Gasteiger partial charge on any atom is -0.352 e. The maximum absolute atomic E-state index is 12.9. The molecule has 176 valence electrons. The Balaban J connectivity index is 0.00000342. The third-order valence-corrected chi connectivity index (χ3v) is 5.77. The number of hydrogen-bond acceptors (Lipinski definition) is 6. The normalized spacial score (nSPS) is 13.4. The molecule has 0 saturated carbocycles. The topological polar surface area (TPSA) is 118 Å². The zero-order valence-corrected chi connectivity index (χ0v) is 18.8. The third-order valence-electron chi connectivity index (χ3n) is 5.77. The Hall–Kier alpha value is -4.27. The Labute approximate surface area is 199 Å². The summed E-state index contributed by atoms with van der Waals surface area (Å²) in [6.45, 7) is 2.81. The van der Waals surface area contributed by atoms with Crippen molar-refractivity contribution in [2.45, 2.75) is 13.0 Å². The van der Waals surface area contributed by atoms with Gasteiger partial charge in [0.1, 0.15) is 17.6 Å². The minimum atomic E-state index is -0.167. The number of carbonyl (C=O) groups is 2. The molecule has 2 aromatic carbocycles. The summed E-state index contributed by atoms with van der Waals surface area (Å²) in [5, 5.41) is 22.3. The number of nitrogens with one attached hydrogen (secondary N) is 3. The second-order valence-corrected chi connectivity index (χ2v) is 8.06. The number of hydrogen-bond donors (Lipinski definition) is 3. The Morgan fingerprint density at radius 2 is 1.71 bits per heavy atom. The van der Waals surface area contributed by atoms with Gasteiger partial charge in [0, 0.05) is 39.7 Å². The summed E-state index contributed by atoms with van der Waals surface area (Å²) >= 11 is 0. The maximum atomic E-state index is 12.9. The van der Waals surface area contributed by atoms with Crippen LogP contribution in [0.1, 0.15) is 22.9 Å². The van der Waals surface area contributed by atoms with Crippen molar-refractivity contribution >= 4 is 24.0 Å². The maximum Gasteiger partial charge on any atom is 0.251 e. The lowest BCUT2D eigenvalue weighted by Crippen LogP contribution is -2.49. The van der Waals surface area contributed by atoms with Gasteiger partial charge in [0.25, 0.3) is 5.91 Å². The summed E-state index contributed by atoms with van der Waals surface area (Å²) in [4.78, 5) is 29.3. The van der Waals surface area contributed by atoms with E-state index >= 15 is 0 Å². The van der Waals surface area contributed by atoms with Crippen LogP contribution in [0.25, 0.3) is 0 Å². The van der Waals surface area contributed by atoms with Crippen LogP contribution in [0.15, 0.2) is 66.7 Å². The van der Waals surface area contributed by atoms with Gasteiger partial charge in [-0.05, 0) is 35.4 Å². The molecule has 4 rings (SSSR count). The highest BCUT2D eigenvalue weighted by Crippen LogP contribution is 2.14. The van der Waals surface area contributed by atoms with Gasteiger partial charge in [-0.25, -0.2) is 4.68 Å². The predicted octanol–water partition coefficient (Wildman–Crippen LogP) is 1.89. The molecule has 0 atom stereocenters. The van der Waals surface area contributed by atoms with E-state index in [0.29, 0.717) is 44.1 Å². The zero-order chi connectivity index (χ0) is 23.9. The van der Waals surface area contributed by atoms with E-state index < -0.39 is 0 Å². The van der Waals surface area contributed by atoms with E-state index in [-0.39, 0.29) is 25.1 Å². The summed E-state index contributed by atoms with van der Waals surface area (Å²) in [6, 6.07) is 20.3. The molecule has 0 aliphatic carbocycles. The van der Waals surface area contributed by atoms with E-state index in [4.69, 9.17) is 10.8 Å². The van der Waals surface area contributed by atoms with Crippen LogP contribution < -0.4 is 15.7 Å². The first-order chi connectivity index (χ1) is 16.5. The number of carbonyl (C=O) groups excluding carboxylic acids is 2. The molecular weight excluding hydrogens is 430 g/mol. The summed E-state index contributed by atoms with van der Waals surface area (Å²) in [5.74, 6) is 0.534. The molecule has 1 aliphatic rings. The minimum absolute atomic E-state index is 0. The lowest BCUT2D eigenvalue weighted by atomic mass is 10.1. The average molecular weight is 460 g/mol. The molecule has 2 heterocycles. The average Bonchev–Trinajstić information content (AvgIpc) is 2.88. The fraction of sp³-hybridized carbons (Fsp3) is 0.240. The second kappa shape index (κ2) is 10.6. The number of amides is 2. The first kappa shape index (κ1) is 22.9. The summed E-state index contributed by atoms with van der Waals surface area (Å²) in [7, 11) is 0. The zero-order valence-electron chi connectivity index (χ0n) is 18.8. The number of piperazine rings is 1. The van der Waals surface area contributed by atoms with Gasteiger partial charge in [0.15, 0.2) is 0 Å². The molecule has 9 heteroatoms. The number of anilines is 1. The van der Waals surface area contributed by atoms with Gasteiger partial charge in [0.05, 0.1) is 6.42 Å². The van der Waals surface area contributed by atoms with Crippen LogP contribution in [0.4, 0.5) is 5.82 Å². The van der Waals surface area contributed by atoms with Crippen LogP contribution in [0.5, 0.6) is 0 Å². The fourth-order valence-electron chi connectivity index (χ4n) is 3.87. The standard InChI is InChI=1S/C25H27N7O2.H2/c26-18-32-22(27)9-10-23(29-32)30-11-13-31(14-12-30)24(33)16-20-7-4-8-21(15-20)25(34)28-17-19-5-2-1-3-6-19;/h1-10,15,18,26-27H,11-14,16-17H2,(H,28,34);1H. The molecule has 0 bridgehead atoms. The van der Waals surface area contributed by atoms with Crippen molar-refractivity contribution in [2.24, 2.45) is 0 Å². The largest absolute Gasteiger partial charge is 0.352 e. The van der Waals surface area contributed by atoms with Crippen LogP contribution in [0.3, 0.4) is 0 Å². The summed E-state index contributed by atoms with van der Waals surface area (Å²) in [5.41, 5.74) is 2.51. The molecule has 1 saturated heterocycles. The van der Waals surface area contributed by atoms with Crippen molar-refractivity contribution in [3.63, 3.8) is 0 Å².